The monoisotopic (exact) mass is 185 g/mol. The molecule has 2 aromatic heterocycles. The molecule has 0 fully saturated rings. The van der Waals surface area contributed by atoms with E-state index in [-0.39, 0.29) is 0 Å². The number of rotatable bonds is 0. The fraction of sp³-hybridized carbons (Fsp3) is 0. The summed E-state index contributed by atoms with van der Waals surface area (Å²) >= 11 is 3.30. The summed E-state index contributed by atoms with van der Waals surface area (Å²) in [5.74, 6) is 0. The molecular formula is C5H4BrN3. The van der Waals surface area contributed by atoms with E-state index in [1.165, 1.54) is 0 Å². The Balaban J connectivity index is 2.99. The zero-order chi connectivity index (χ0) is 6.27. The van der Waals surface area contributed by atoms with E-state index < -0.39 is 0 Å². The van der Waals surface area contributed by atoms with Gasteiger partial charge in [-0.2, -0.15) is 5.10 Å². The van der Waals surface area contributed by atoms with Crippen LogP contribution in [0.3, 0.4) is 0 Å². The fourth-order valence-corrected chi connectivity index (χ4v) is 1.20. The van der Waals surface area contributed by atoms with Crippen molar-refractivity contribution in [1.29, 1.82) is 0 Å². The van der Waals surface area contributed by atoms with Gasteiger partial charge in [0.2, 0.25) is 0 Å². The molecule has 0 amide bonds. The Bertz CT molecular complexity index is 321. The van der Waals surface area contributed by atoms with Gasteiger partial charge in [-0.25, -0.2) is 0 Å². The lowest BCUT2D eigenvalue weighted by Crippen LogP contribution is -1.64. The van der Waals surface area contributed by atoms with Crippen LogP contribution >= 0.6 is 15.9 Å². The quantitative estimate of drug-likeness (QED) is 0.645. The van der Waals surface area contributed by atoms with Gasteiger partial charge in [0.05, 0.1) is 5.52 Å². The summed E-state index contributed by atoms with van der Waals surface area (Å²) in [5.41, 5.74) is 1.98. The predicted molar refractivity (Wildman–Crippen MR) is 38.1 cm³/mol. The Labute approximate surface area is 59.6 Å². The van der Waals surface area contributed by atoms with Crippen molar-refractivity contribution in [2.75, 3.05) is 0 Å². The number of hydrogen-bond acceptors (Lipinski definition) is 1. The Morgan fingerprint density at radius 2 is 2.44 bits per heavy atom. The van der Waals surface area contributed by atoms with Gasteiger partial charge in [0.1, 0.15) is 10.1 Å². The predicted octanol–water partition coefficient (Wildman–Crippen LogP) is 1.65. The standard InChI is InChI=1S/C5H4BrN3/c6-5-4-3(8-9-5)1-2-7-4/h1-2,7H,(H,8,9). The van der Waals surface area contributed by atoms with Crippen LogP contribution in [-0.2, 0) is 0 Å². The van der Waals surface area contributed by atoms with Crippen LogP contribution in [0, 0.1) is 0 Å². The highest BCUT2D eigenvalue weighted by Gasteiger charge is 1.99. The van der Waals surface area contributed by atoms with Crippen molar-refractivity contribution < 1.29 is 0 Å². The van der Waals surface area contributed by atoms with Crippen LogP contribution in [0.25, 0.3) is 11.0 Å². The van der Waals surface area contributed by atoms with Crippen molar-refractivity contribution in [2.24, 2.45) is 0 Å². The molecular weight excluding hydrogens is 182 g/mol. The minimum atomic E-state index is 0.905. The fourth-order valence-electron chi connectivity index (χ4n) is 0.795. The molecule has 0 saturated heterocycles. The highest BCUT2D eigenvalue weighted by molar-refractivity contribution is 9.10. The second-order valence-electron chi connectivity index (χ2n) is 1.78. The van der Waals surface area contributed by atoms with Crippen molar-refractivity contribution in [1.82, 2.24) is 15.2 Å². The Hall–Kier alpha value is -0.770. The largest absolute Gasteiger partial charge is 0.358 e. The second kappa shape index (κ2) is 1.60. The molecule has 0 aliphatic heterocycles. The van der Waals surface area contributed by atoms with Crippen molar-refractivity contribution in [3.8, 4) is 0 Å². The van der Waals surface area contributed by atoms with Crippen molar-refractivity contribution in [3.05, 3.63) is 16.9 Å². The van der Waals surface area contributed by atoms with Crippen molar-refractivity contribution in [2.45, 2.75) is 0 Å². The van der Waals surface area contributed by atoms with Gasteiger partial charge in [-0.05, 0) is 22.0 Å². The van der Waals surface area contributed by atoms with E-state index in [4.69, 9.17) is 0 Å². The summed E-state index contributed by atoms with van der Waals surface area (Å²) in [5, 5.41) is 6.77. The normalized spacial score (nSPS) is 10.8. The average Bonchev–Trinajstić information content (AvgIpc) is 2.35. The summed E-state index contributed by atoms with van der Waals surface area (Å²) in [4.78, 5) is 3.03. The van der Waals surface area contributed by atoms with Gasteiger partial charge in [0.25, 0.3) is 0 Å². The SMILES string of the molecule is Brc1[nH]nc2cc[nH]c12. The smallest absolute Gasteiger partial charge is 0.125 e. The summed E-state index contributed by atoms with van der Waals surface area (Å²) in [6.45, 7) is 0. The lowest BCUT2D eigenvalue weighted by molar-refractivity contribution is 1.09. The van der Waals surface area contributed by atoms with Gasteiger partial charge in [-0.15, -0.1) is 0 Å². The summed E-state index contributed by atoms with van der Waals surface area (Å²) in [6.07, 6.45) is 1.86. The highest BCUT2D eigenvalue weighted by Crippen LogP contribution is 2.17. The maximum absolute atomic E-state index is 3.98. The molecule has 0 radical (unpaired) electrons. The molecule has 0 unspecified atom stereocenters. The van der Waals surface area contributed by atoms with Crippen LogP contribution in [0.4, 0.5) is 0 Å². The zero-order valence-corrected chi connectivity index (χ0v) is 6.07. The molecule has 0 aliphatic rings. The molecule has 0 spiro atoms. The maximum Gasteiger partial charge on any atom is 0.125 e. The van der Waals surface area contributed by atoms with Gasteiger partial charge >= 0.3 is 0 Å². The number of nitrogens with zero attached hydrogens (tertiary/aromatic N) is 1. The second-order valence-corrected chi connectivity index (χ2v) is 2.57. The number of hydrogen-bond donors (Lipinski definition) is 2. The third kappa shape index (κ3) is 0.595. The molecule has 2 N–H and O–H groups in total. The zero-order valence-electron chi connectivity index (χ0n) is 4.48. The maximum atomic E-state index is 3.98. The molecule has 2 heterocycles. The number of aromatic amines is 2. The molecule has 0 saturated carbocycles. The van der Waals surface area contributed by atoms with Crippen LogP contribution in [-0.4, -0.2) is 15.2 Å². The van der Waals surface area contributed by atoms with E-state index in [0.717, 1.165) is 15.6 Å². The van der Waals surface area contributed by atoms with Gasteiger partial charge in [-0.3, -0.25) is 5.10 Å². The molecule has 2 aromatic rings. The van der Waals surface area contributed by atoms with Crippen LogP contribution in [0.15, 0.2) is 16.9 Å². The highest BCUT2D eigenvalue weighted by atomic mass is 79.9. The van der Waals surface area contributed by atoms with Gasteiger partial charge in [0, 0.05) is 6.20 Å². The molecule has 4 heteroatoms. The Morgan fingerprint density at radius 1 is 1.56 bits per heavy atom. The number of H-pyrrole nitrogens is 2. The van der Waals surface area contributed by atoms with E-state index in [1.807, 2.05) is 12.3 Å². The van der Waals surface area contributed by atoms with Crippen LogP contribution in [0.2, 0.25) is 0 Å². The van der Waals surface area contributed by atoms with Gasteiger partial charge in [0.15, 0.2) is 0 Å². The van der Waals surface area contributed by atoms with E-state index in [0.29, 0.717) is 0 Å². The lowest BCUT2D eigenvalue weighted by Gasteiger charge is -1.74. The minimum absolute atomic E-state index is 0.905. The summed E-state index contributed by atoms with van der Waals surface area (Å²) < 4.78 is 0.905. The van der Waals surface area contributed by atoms with Crippen LogP contribution in [0.5, 0.6) is 0 Å². The summed E-state index contributed by atoms with van der Waals surface area (Å²) in [6, 6.07) is 1.91. The first-order valence-corrected chi connectivity index (χ1v) is 3.34. The first-order chi connectivity index (χ1) is 4.38. The number of aromatic nitrogens is 3. The number of halogens is 1. The molecule has 9 heavy (non-hydrogen) atoms. The van der Waals surface area contributed by atoms with E-state index >= 15 is 0 Å². The third-order valence-electron chi connectivity index (χ3n) is 1.22. The minimum Gasteiger partial charge on any atom is -0.358 e. The van der Waals surface area contributed by atoms with Crippen molar-refractivity contribution >= 4 is 27.0 Å². The van der Waals surface area contributed by atoms with Gasteiger partial charge < -0.3 is 4.98 Å². The summed E-state index contributed by atoms with van der Waals surface area (Å²) in [7, 11) is 0. The van der Waals surface area contributed by atoms with Crippen molar-refractivity contribution in [3.63, 3.8) is 0 Å². The molecule has 0 aliphatic carbocycles. The van der Waals surface area contributed by atoms with Crippen LogP contribution < -0.4 is 0 Å². The first-order valence-electron chi connectivity index (χ1n) is 2.55. The molecule has 2 rings (SSSR count). The molecule has 3 nitrogen and oxygen atoms in total. The Kier molecular flexibility index (Phi) is 0.900. The molecule has 46 valence electrons. The topological polar surface area (TPSA) is 44.5 Å². The molecule has 0 bridgehead atoms. The lowest BCUT2D eigenvalue weighted by atomic mass is 10.5. The van der Waals surface area contributed by atoms with E-state index in [9.17, 15) is 0 Å². The third-order valence-corrected chi connectivity index (χ3v) is 1.79. The van der Waals surface area contributed by atoms with E-state index in [1.54, 1.807) is 0 Å². The average molecular weight is 186 g/mol. The van der Waals surface area contributed by atoms with Gasteiger partial charge in [-0.1, -0.05) is 0 Å². The molecule has 0 atom stereocenters. The first kappa shape index (κ1) is 5.05. The van der Waals surface area contributed by atoms with Crippen LogP contribution in [0.1, 0.15) is 0 Å². The van der Waals surface area contributed by atoms with E-state index in [2.05, 4.69) is 31.1 Å². The Morgan fingerprint density at radius 3 is 3.22 bits per heavy atom. The number of fused-ring (bicyclic) bond motifs is 1. The number of nitrogens with one attached hydrogen (secondary N) is 2. The molecule has 0 aromatic carbocycles.